The summed E-state index contributed by atoms with van der Waals surface area (Å²) in [6.07, 6.45) is 9.28. The summed E-state index contributed by atoms with van der Waals surface area (Å²) in [5, 5.41) is 9.21. The standard InChI is InChI=1S/C26H24FN7O/c1-35-22-7-3-15(10-21(22)27)23-24(16-2-4-18(13-28)31-14-16)32-26(33-9-8-30-25(23)33)34-19-5-6-20(34)12-17(29)11-19/h2-4,7-10,14,17,19-20H,5-6,11-12,29H2,1H3. The van der Waals surface area contributed by atoms with E-state index in [-0.39, 0.29) is 11.8 Å². The Balaban J connectivity index is 1.61. The Morgan fingerprint density at radius 3 is 2.54 bits per heavy atom. The highest BCUT2D eigenvalue weighted by molar-refractivity contribution is 5.91. The molecule has 4 aromatic rings. The number of hydrogen-bond donors (Lipinski definition) is 1. The molecule has 35 heavy (non-hydrogen) atoms. The number of hydrogen-bond acceptors (Lipinski definition) is 7. The highest BCUT2D eigenvalue weighted by atomic mass is 19.1. The fourth-order valence-electron chi connectivity index (χ4n) is 5.59. The predicted octanol–water partition coefficient (Wildman–Crippen LogP) is 3.94. The quantitative estimate of drug-likeness (QED) is 0.483. The van der Waals surface area contributed by atoms with Gasteiger partial charge >= 0.3 is 0 Å². The molecule has 3 aromatic heterocycles. The fraction of sp³-hybridized carbons (Fsp3) is 0.308. The molecular weight excluding hydrogens is 445 g/mol. The molecule has 6 rings (SSSR count). The Kier molecular flexibility index (Phi) is 5.11. The van der Waals surface area contributed by atoms with E-state index in [1.165, 1.54) is 13.2 Å². The normalized spacial score (nSPS) is 21.3. The van der Waals surface area contributed by atoms with Crippen LogP contribution in [0.25, 0.3) is 28.0 Å². The number of fused-ring (bicyclic) bond motifs is 3. The number of halogens is 1. The molecule has 5 heterocycles. The smallest absolute Gasteiger partial charge is 0.212 e. The first-order valence-corrected chi connectivity index (χ1v) is 11.7. The number of aromatic nitrogens is 4. The van der Waals surface area contributed by atoms with Gasteiger partial charge in [0.1, 0.15) is 17.4 Å². The number of piperidine rings is 1. The zero-order valence-corrected chi connectivity index (χ0v) is 19.2. The van der Waals surface area contributed by atoms with Crippen LogP contribution in [0.4, 0.5) is 10.3 Å². The molecule has 2 unspecified atom stereocenters. The largest absolute Gasteiger partial charge is 0.494 e. The van der Waals surface area contributed by atoms with Crippen LogP contribution in [0.2, 0.25) is 0 Å². The Hall–Kier alpha value is -4.03. The van der Waals surface area contributed by atoms with Crippen molar-refractivity contribution in [3.05, 3.63) is 60.4 Å². The first kappa shape index (κ1) is 21.5. The maximum atomic E-state index is 14.8. The molecule has 1 aromatic carbocycles. The molecule has 2 bridgehead atoms. The molecule has 2 fully saturated rings. The minimum atomic E-state index is -0.467. The lowest BCUT2D eigenvalue weighted by atomic mass is 9.98. The Morgan fingerprint density at radius 1 is 1.11 bits per heavy atom. The van der Waals surface area contributed by atoms with Gasteiger partial charge in [0.2, 0.25) is 5.95 Å². The molecule has 2 aliphatic heterocycles. The third-order valence-electron chi connectivity index (χ3n) is 7.12. The molecule has 0 spiro atoms. The number of anilines is 1. The van der Waals surface area contributed by atoms with Gasteiger partial charge < -0.3 is 15.4 Å². The van der Waals surface area contributed by atoms with Crippen molar-refractivity contribution in [2.75, 3.05) is 12.0 Å². The van der Waals surface area contributed by atoms with Gasteiger partial charge in [0.05, 0.1) is 18.4 Å². The summed E-state index contributed by atoms with van der Waals surface area (Å²) in [5.74, 6) is 0.500. The van der Waals surface area contributed by atoms with E-state index in [1.54, 1.807) is 30.6 Å². The molecule has 2 N–H and O–H groups in total. The summed E-state index contributed by atoms with van der Waals surface area (Å²) in [7, 11) is 1.44. The Bertz CT molecular complexity index is 1450. The lowest BCUT2D eigenvalue weighted by Crippen LogP contribution is -2.48. The molecule has 176 valence electrons. The van der Waals surface area contributed by atoms with Gasteiger partial charge in [0.15, 0.2) is 11.6 Å². The van der Waals surface area contributed by atoms with Crippen LogP contribution in [-0.4, -0.2) is 44.6 Å². The number of nitriles is 1. The molecule has 0 aliphatic carbocycles. The van der Waals surface area contributed by atoms with Crippen molar-refractivity contribution in [3.63, 3.8) is 0 Å². The fourth-order valence-corrected chi connectivity index (χ4v) is 5.59. The average Bonchev–Trinajstić information content (AvgIpc) is 3.46. The van der Waals surface area contributed by atoms with Crippen molar-refractivity contribution >= 4 is 11.6 Å². The Morgan fingerprint density at radius 2 is 1.89 bits per heavy atom. The lowest BCUT2D eigenvalue weighted by Gasteiger charge is -2.39. The number of methoxy groups -OCH3 is 1. The second-order valence-electron chi connectivity index (χ2n) is 9.17. The average molecular weight is 470 g/mol. The topological polar surface area (TPSA) is 105 Å². The number of ether oxygens (including phenoxy) is 1. The van der Waals surface area contributed by atoms with Gasteiger partial charge in [-0.3, -0.25) is 4.40 Å². The van der Waals surface area contributed by atoms with Gasteiger partial charge in [-0.05, 0) is 55.5 Å². The molecular formula is C26H24FN7O. The van der Waals surface area contributed by atoms with E-state index in [2.05, 4.69) is 20.9 Å². The van der Waals surface area contributed by atoms with Gasteiger partial charge in [0.25, 0.3) is 0 Å². The van der Waals surface area contributed by atoms with Crippen molar-refractivity contribution in [2.24, 2.45) is 5.73 Å². The van der Waals surface area contributed by atoms with Gasteiger partial charge in [-0.15, -0.1) is 0 Å². The van der Waals surface area contributed by atoms with E-state index in [4.69, 9.17) is 15.5 Å². The van der Waals surface area contributed by atoms with Gasteiger partial charge in [-0.1, -0.05) is 6.07 Å². The van der Waals surface area contributed by atoms with Crippen molar-refractivity contribution in [3.8, 4) is 34.2 Å². The van der Waals surface area contributed by atoms with E-state index >= 15 is 0 Å². The van der Waals surface area contributed by atoms with Crippen LogP contribution < -0.4 is 15.4 Å². The molecule has 2 saturated heterocycles. The van der Waals surface area contributed by atoms with Crippen LogP contribution in [0.5, 0.6) is 5.75 Å². The van der Waals surface area contributed by atoms with E-state index in [0.29, 0.717) is 40.2 Å². The second-order valence-corrected chi connectivity index (χ2v) is 9.17. The molecule has 2 aliphatic rings. The third-order valence-corrected chi connectivity index (χ3v) is 7.12. The van der Waals surface area contributed by atoms with E-state index in [1.807, 2.05) is 16.7 Å². The maximum absolute atomic E-state index is 14.8. The third kappa shape index (κ3) is 3.49. The summed E-state index contributed by atoms with van der Waals surface area (Å²) in [5.41, 5.74) is 9.99. The summed E-state index contributed by atoms with van der Waals surface area (Å²) in [6.45, 7) is 0. The van der Waals surface area contributed by atoms with Crippen LogP contribution in [0, 0.1) is 17.1 Å². The van der Waals surface area contributed by atoms with Gasteiger partial charge in [-0.2, -0.15) is 5.26 Å². The number of benzene rings is 1. The molecule has 0 saturated carbocycles. The number of rotatable bonds is 4. The van der Waals surface area contributed by atoms with Crippen LogP contribution in [0.1, 0.15) is 31.4 Å². The number of imidazole rings is 1. The monoisotopic (exact) mass is 469 g/mol. The van der Waals surface area contributed by atoms with E-state index in [9.17, 15) is 9.65 Å². The molecule has 9 heteroatoms. The van der Waals surface area contributed by atoms with Crippen molar-refractivity contribution in [1.29, 1.82) is 5.26 Å². The highest BCUT2D eigenvalue weighted by Crippen LogP contribution is 2.42. The molecule has 2 atom stereocenters. The van der Waals surface area contributed by atoms with Gasteiger partial charge in [0, 0.05) is 42.3 Å². The second kappa shape index (κ2) is 8.32. The zero-order chi connectivity index (χ0) is 24.1. The van der Waals surface area contributed by atoms with E-state index in [0.717, 1.165) is 37.2 Å². The maximum Gasteiger partial charge on any atom is 0.212 e. The molecule has 0 radical (unpaired) electrons. The number of nitrogens with two attached hydrogens (primary N) is 1. The number of pyridine rings is 1. The van der Waals surface area contributed by atoms with Crippen molar-refractivity contribution in [1.82, 2.24) is 19.4 Å². The van der Waals surface area contributed by atoms with Crippen LogP contribution in [0.3, 0.4) is 0 Å². The minimum absolute atomic E-state index is 0.167. The first-order chi connectivity index (χ1) is 17.1. The molecule has 8 nitrogen and oxygen atoms in total. The minimum Gasteiger partial charge on any atom is -0.494 e. The summed E-state index contributed by atoms with van der Waals surface area (Å²) in [4.78, 5) is 16.5. The summed E-state index contributed by atoms with van der Waals surface area (Å²) >= 11 is 0. The first-order valence-electron chi connectivity index (χ1n) is 11.7. The zero-order valence-electron chi connectivity index (χ0n) is 19.2. The predicted molar refractivity (Wildman–Crippen MR) is 129 cm³/mol. The SMILES string of the molecule is COc1ccc(-c2c(-c3ccc(C#N)nc3)nc(N3C4CCC3CC(N)C4)n3ccnc23)cc1F. The van der Waals surface area contributed by atoms with Crippen molar-refractivity contribution in [2.45, 2.75) is 43.8 Å². The van der Waals surface area contributed by atoms with Crippen LogP contribution in [-0.2, 0) is 0 Å². The summed E-state index contributed by atoms with van der Waals surface area (Å²) < 4.78 is 21.9. The summed E-state index contributed by atoms with van der Waals surface area (Å²) in [6, 6.07) is 11.2. The van der Waals surface area contributed by atoms with E-state index < -0.39 is 5.82 Å². The van der Waals surface area contributed by atoms with Crippen molar-refractivity contribution < 1.29 is 9.13 Å². The van der Waals surface area contributed by atoms with Gasteiger partial charge in [-0.25, -0.2) is 19.3 Å². The van der Waals surface area contributed by atoms with Crippen LogP contribution in [0.15, 0.2) is 48.9 Å². The lowest BCUT2D eigenvalue weighted by molar-refractivity contribution is 0.386. The van der Waals surface area contributed by atoms with Crippen LogP contribution >= 0.6 is 0 Å². The molecule has 0 amide bonds. The Labute approximate surface area is 201 Å². The number of nitrogens with zero attached hydrogens (tertiary/aromatic N) is 6. The highest BCUT2D eigenvalue weighted by Gasteiger charge is 2.41.